The Labute approximate surface area is 164 Å². The molecular formula is C21H17N5O3. The molecule has 0 aliphatic heterocycles. The maximum atomic E-state index is 12.3. The molecule has 0 fully saturated rings. The van der Waals surface area contributed by atoms with E-state index >= 15 is 0 Å². The van der Waals surface area contributed by atoms with E-state index in [1.54, 1.807) is 30.3 Å². The van der Waals surface area contributed by atoms with Crippen LogP contribution in [0.2, 0.25) is 0 Å². The zero-order valence-electron chi connectivity index (χ0n) is 15.3. The highest BCUT2D eigenvalue weighted by Gasteiger charge is 2.09. The molecule has 2 aromatic heterocycles. The Hall–Kier alpha value is -4.07. The number of H-pyrrole nitrogens is 2. The Bertz CT molecular complexity index is 1290. The van der Waals surface area contributed by atoms with Gasteiger partial charge in [0, 0.05) is 30.2 Å². The third-order valence-corrected chi connectivity index (χ3v) is 4.38. The predicted octanol–water partition coefficient (Wildman–Crippen LogP) is 2.24. The molecule has 4 rings (SSSR count). The van der Waals surface area contributed by atoms with Crippen molar-refractivity contribution in [2.45, 2.75) is 12.8 Å². The van der Waals surface area contributed by atoms with Gasteiger partial charge in [0.1, 0.15) is 5.69 Å². The van der Waals surface area contributed by atoms with Gasteiger partial charge in [-0.2, -0.15) is 5.10 Å². The van der Waals surface area contributed by atoms with Crippen LogP contribution in [0.1, 0.15) is 12.1 Å². The van der Waals surface area contributed by atoms with E-state index in [-0.39, 0.29) is 29.9 Å². The number of carbonyl (C=O) groups excluding carboxylic acids is 1. The first-order chi connectivity index (χ1) is 14.1. The second-order valence-corrected chi connectivity index (χ2v) is 6.47. The lowest BCUT2D eigenvalue weighted by molar-refractivity contribution is -0.116. The molecule has 0 bridgehead atoms. The van der Waals surface area contributed by atoms with Gasteiger partial charge in [0.05, 0.1) is 16.7 Å². The summed E-state index contributed by atoms with van der Waals surface area (Å²) < 4.78 is 0. The van der Waals surface area contributed by atoms with Crippen molar-refractivity contribution < 1.29 is 4.79 Å². The van der Waals surface area contributed by atoms with Gasteiger partial charge in [0.15, 0.2) is 0 Å². The standard InChI is InChI=1S/C21H17N5O3/c27-19(10-9-18-21(29)24-17-7-2-1-6-16(17)23-18)22-14-5-3-4-13(12-14)15-8-11-20(28)26-25-15/h1-8,11-12H,9-10H2,(H,22,27)(H,24,29)(H,26,28). The minimum atomic E-state index is -0.289. The summed E-state index contributed by atoms with van der Waals surface area (Å²) in [6.07, 6.45) is 0.350. The van der Waals surface area contributed by atoms with E-state index in [1.165, 1.54) is 6.07 Å². The van der Waals surface area contributed by atoms with Gasteiger partial charge in [-0.3, -0.25) is 14.4 Å². The van der Waals surface area contributed by atoms with Crippen molar-refractivity contribution in [3.63, 3.8) is 0 Å². The number of anilines is 1. The normalized spacial score (nSPS) is 10.8. The molecule has 0 atom stereocenters. The average molecular weight is 387 g/mol. The van der Waals surface area contributed by atoms with Crippen LogP contribution >= 0.6 is 0 Å². The average Bonchev–Trinajstić information content (AvgIpc) is 2.73. The van der Waals surface area contributed by atoms with Crippen LogP contribution in [0.5, 0.6) is 0 Å². The molecule has 29 heavy (non-hydrogen) atoms. The fourth-order valence-corrected chi connectivity index (χ4v) is 2.95. The van der Waals surface area contributed by atoms with Crippen LogP contribution in [-0.2, 0) is 11.2 Å². The second-order valence-electron chi connectivity index (χ2n) is 6.47. The van der Waals surface area contributed by atoms with E-state index in [4.69, 9.17) is 0 Å². The number of aromatic amines is 2. The van der Waals surface area contributed by atoms with Crippen LogP contribution in [0.4, 0.5) is 5.69 Å². The van der Waals surface area contributed by atoms with Crippen LogP contribution in [0.3, 0.4) is 0 Å². The first kappa shape index (κ1) is 18.3. The molecule has 8 nitrogen and oxygen atoms in total. The Kier molecular flexibility index (Phi) is 4.98. The van der Waals surface area contributed by atoms with E-state index in [0.29, 0.717) is 28.1 Å². The van der Waals surface area contributed by atoms with Crippen molar-refractivity contribution in [2.75, 3.05) is 5.32 Å². The molecule has 0 unspecified atom stereocenters. The maximum absolute atomic E-state index is 12.3. The number of carbonyl (C=O) groups is 1. The third kappa shape index (κ3) is 4.27. The van der Waals surface area contributed by atoms with Gasteiger partial charge in [0.2, 0.25) is 5.91 Å². The first-order valence-electron chi connectivity index (χ1n) is 9.02. The number of hydrogen-bond donors (Lipinski definition) is 3. The van der Waals surface area contributed by atoms with Crippen molar-refractivity contribution in [1.29, 1.82) is 0 Å². The molecule has 3 N–H and O–H groups in total. The second kappa shape index (κ2) is 7.89. The van der Waals surface area contributed by atoms with Gasteiger partial charge in [-0.1, -0.05) is 24.3 Å². The molecule has 0 aliphatic carbocycles. The van der Waals surface area contributed by atoms with E-state index in [9.17, 15) is 14.4 Å². The topological polar surface area (TPSA) is 121 Å². The van der Waals surface area contributed by atoms with Crippen LogP contribution < -0.4 is 16.4 Å². The molecule has 0 aliphatic rings. The van der Waals surface area contributed by atoms with Crippen LogP contribution in [-0.4, -0.2) is 26.1 Å². The molecule has 0 spiro atoms. The molecule has 2 aromatic carbocycles. The molecule has 1 amide bonds. The summed E-state index contributed by atoms with van der Waals surface area (Å²) in [5.41, 5.74) is 3.05. The third-order valence-electron chi connectivity index (χ3n) is 4.38. The van der Waals surface area contributed by atoms with Gasteiger partial charge in [-0.05, 0) is 30.3 Å². The van der Waals surface area contributed by atoms with Gasteiger partial charge in [-0.15, -0.1) is 0 Å². The van der Waals surface area contributed by atoms with Crippen molar-refractivity contribution in [3.8, 4) is 11.3 Å². The zero-order valence-corrected chi connectivity index (χ0v) is 15.3. The summed E-state index contributed by atoms with van der Waals surface area (Å²) in [6, 6.07) is 17.4. The summed E-state index contributed by atoms with van der Waals surface area (Å²) in [6.45, 7) is 0. The number of rotatable bonds is 5. The predicted molar refractivity (Wildman–Crippen MR) is 110 cm³/mol. The number of nitrogens with zero attached hydrogens (tertiary/aromatic N) is 2. The highest BCUT2D eigenvalue weighted by atomic mass is 16.1. The van der Waals surface area contributed by atoms with E-state index in [0.717, 1.165) is 5.56 Å². The molecule has 2 heterocycles. The maximum Gasteiger partial charge on any atom is 0.270 e. The van der Waals surface area contributed by atoms with Crippen molar-refractivity contribution in [2.24, 2.45) is 0 Å². The zero-order chi connectivity index (χ0) is 20.2. The van der Waals surface area contributed by atoms with E-state index in [2.05, 4.69) is 25.5 Å². The molecule has 0 saturated carbocycles. The first-order valence-corrected chi connectivity index (χ1v) is 9.02. The number of fused-ring (bicyclic) bond motifs is 1. The van der Waals surface area contributed by atoms with Crippen molar-refractivity contribution in [3.05, 3.63) is 87.1 Å². The number of hydrogen-bond acceptors (Lipinski definition) is 5. The van der Waals surface area contributed by atoms with Gasteiger partial charge in [0.25, 0.3) is 11.1 Å². The highest BCUT2D eigenvalue weighted by molar-refractivity contribution is 5.91. The Morgan fingerprint density at radius 2 is 1.86 bits per heavy atom. The molecule has 144 valence electrons. The molecule has 8 heteroatoms. The van der Waals surface area contributed by atoms with E-state index in [1.807, 2.05) is 24.3 Å². The number of amides is 1. The number of para-hydroxylation sites is 2. The lowest BCUT2D eigenvalue weighted by atomic mass is 10.1. The largest absolute Gasteiger partial charge is 0.326 e. The van der Waals surface area contributed by atoms with Crippen molar-refractivity contribution >= 4 is 22.6 Å². The fraction of sp³-hybridized carbons (Fsp3) is 0.0952. The smallest absolute Gasteiger partial charge is 0.270 e. The summed E-state index contributed by atoms with van der Waals surface area (Å²) in [7, 11) is 0. The lowest BCUT2D eigenvalue weighted by Crippen LogP contribution is -2.19. The molecule has 0 radical (unpaired) electrons. The highest BCUT2D eigenvalue weighted by Crippen LogP contribution is 2.20. The van der Waals surface area contributed by atoms with Gasteiger partial charge in [-0.25, -0.2) is 10.1 Å². The SMILES string of the molecule is O=C(CCc1nc2ccccc2[nH]c1=O)Nc1cccc(-c2ccc(=O)[nH]n2)c1. The van der Waals surface area contributed by atoms with Gasteiger partial charge >= 0.3 is 0 Å². The van der Waals surface area contributed by atoms with E-state index < -0.39 is 0 Å². The summed E-state index contributed by atoms with van der Waals surface area (Å²) in [5.74, 6) is -0.231. The minimum absolute atomic E-state index is 0.121. The molecular weight excluding hydrogens is 370 g/mol. The molecule has 4 aromatic rings. The van der Waals surface area contributed by atoms with Crippen molar-refractivity contribution in [1.82, 2.24) is 20.2 Å². The summed E-state index contributed by atoms with van der Waals surface area (Å²) >= 11 is 0. The van der Waals surface area contributed by atoms with Crippen LogP contribution in [0.25, 0.3) is 22.3 Å². The molecule has 0 saturated heterocycles. The Balaban J connectivity index is 1.44. The quantitative estimate of drug-likeness (QED) is 0.485. The number of benzene rings is 2. The summed E-state index contributed by atoms with van der Waals surface area (Å²) in [5, 5.41) is 9.18. The van der Waals surface area contributed by atoms with Gasteiger partial charge < -0.3 is 10.3 Å². The number of aryl methyl sites for hydroxylation is 1. The Morgan fingerprint density at radius 1 is 1.00 bits per heavy atom. The number of aromatic nitrogens is 4. The monoisotopic (exact) mass is 387 g/mol. The van der Waals surface area contributed by atoms with Crippen LogP contribution in [0, 0.1) is 0 Å². The lowest BCUT2D eigenvalue weighted by Gasteiger charge is -2.07. The number of nitrogens with one attached hydrogen (secondary N) is 3. The van der Waals surface area contributed by atoms with Crippen LogP contribution in [0.15, 0.2) is 70.3 Å². The minimum Gasteiger partial charge on any atom is -0.326 e. The Morgan fingerprint density at radius 3 is 2.69 bits per heavy atom. The fourth-order valence-electron chi connectivity index (χ4n) is 2.95. The summed E-state index contributed by atoms with van der Waals surface area (Å²) in [4.78, 5) is 42.8.